The van der Waals surface area contributed by atoms with Crippen LogP contribution in [0.25, 0.3) is 11.0 Å². The Balaban J connectivity index is 1.83. The van der Waals surface area contributed by atoms with Gasteiger partial charge in [-0.3, -0.25) is 18.7 Å². The van der Waals surface area contributed by atoms with E-state index in [2.05, 4.69) is 4.90 Å². The lowest BCUT2D eigenvalue weighted by atomic mass is 10.0. The maximum Gasteiger partial charge on any atom is 0.331 e. The van der Waals surface area contributed by atoms with Gasteiger partial charge >= 0.3 is 5.69 Å². The maximum absolute atomic E-state index is 14.2. The lowest BCUT2D eigenvalue weighted by Gasteiger charge is -2.35. The fourth-order valence-corrected chi connectivity index (χ4v) is 5.80. The molecule has 4 heterocycles. The van der Waals surface area contributed by atoms with Gasteiger partial charge in [-0.1, -0.05) is 29.8 Å². The number of halogens is 1. The monoisotopic (exact) mass is 528 g/mol. The highest BCUT2D eigenvalue weighted by atomic mass is 35.5. The van der Waals surface area contributed by atoms with Crippen molar-refractivity contribution < 1.29 is 9.90 Å². The number of aryl methyl sites for hydroxylation is 1. The first kappa shape index (κ1) is 25.6. The molecule has 0 aliphatic carbocycles. The Morgan fingerprint density at radius 1 is 1.05 bits per heavy atom. The van der Waals surface area contributed by atoms with E-state index in [-0.39, 0.29) is 24.0 Å². The summed E-state index contributed by atoms with van der Waals surface area (Å²) in [7, 11) is 3.04. The summed E-state index contributed by atoms with van der Waals surface area (Å²) in [4.78, 5) is 44.7. The van der Waals surface area contributed by atoms with Crippen molar-refractivity contribution in [1.29, 1.82) is 0 Å². The molecule has 0 saturated carbocycles. The number of likely N-dealkylation sites (tertiary alicyclic amines) is 1. The molecule has 1 aromatic carbocycles. The molecule has 0 radical (unpaired) electrons. The minimum Gasteiger partial charge on any atom is -0.393 e. The molecule has 198 valence electrons. The van der Waals surface area contributed by atoms with Gasteiger partial charge in [0.2, 0.25) is 0 Å². The maximum atomic E-state index is 14.2. The summed E-state index contributed by atoms with van der Waals surface area (Å²) in [6.45, 7) is 2.23. The molecule has 1 atom stereocenters. The number of piperidine rings is 2. The minimum atomic E-state index is -0.502. The largest absolute Gasteiger partial charge is 0.393 e. The van der Waals surface area contributed by atoms with Crippen LogP contribution in [0.2, 0.25) is 5.02 Å². The van der Waals surface area contributed by atoms with Gasteiger partial charge in [0, 0.05) is 51.3 Å². The number of anilines is 1. The van der Waals surface area contributed by atoms with Crippen molar-refractivity contribution in [2.24, 2.45) is 19.8 Å². The Hall–Kier alpha value is -3.08. The van der Waals surface area contributed by atoms with E-state index in [9.17, 15) is 19.5 Å². The van der Waals surface area contributed by atoms with Gasteiger partial charge in [-0.05, 0) is 37.3 Å². The van der Waals surface area contributed by atoms with E-state index >= 15 is 0 Å². The number of carbonyl (C=O) groups is 1. The molecule has 1 amide bonds. The van der Waals surface area contributed by atoms with Gasteiger partial charge in [-0.15, -0.1) is 0 Å². The molecule has 0 spiro atoms. The SMILES string of the molecule is Cn1c(=O)c2c(c(C(=O)N3CCC(O)CC3)c(N3CCC[C@@H](N)C3)n2Cc2ccccc2Cl)n(C)c1=O. The Morgan fingerprint density at radius 3 is 2.43 bits per heavy atom. The molecule has 2 fully saturated rings. The van der Waals surface area contributed by atoms with Crippen LogP contribution in [-0.2, 0) is 20.6 Å². The van der Waals surface area contributed by atoms with Crippen LogP contribution in [0.4, 0.5) is 5.82 Å². The van der Waals surface area contributed by atoms with Crippen LogP contribution in [-0.4, -0.2) is 67.9 Å². The summed E-state index contributed by atoms with van der Waals surface area (Å²) < 4.78 is 4.30. The number of hydrogen-bond donors (Lipinski definition) is 2. The second kappa shape index (κ2) is 10.00. The van der Waals surface area contributed by atoms with Crippen LogP contribution in [0.5, 0.6) is 0 Å². The number of benzene rings is 1. The number of aliphatic hydroxyl groups is 1. The number of aromatic nitrogens is 3. The number of carbonyl (C=O) groups excluding carboxylic acids is 1. The van der Waals surface area contributed by atoms with Crippen molar-refractivity contribution in [3.63, 3.8) is 0 Å². The van der Waals surface area contributed by atoms with Gasteiger partial charge in [0.15, 0.2) is 0 Å². The molecule has 3 N–H and O–H groups in total. The first-order valence-corrected chi connectivity index (χ1v) is 13.1. The van der Waals surface area contributed by atoms with Crippen molar-refractivity contribution in [2.45, 2.75) is 44.4 Å². The van der Waals surface area contributed by atoms with E-state index in [0.29, 0.717) is 60.9 Å². The zero-order chi connectivity index (χ0) is 26.4. The third-order valence-electron chi connectivity index (χ3n) is 7.64. The quantitative estimate of drug-likeness (QED) is 0.526. The van der Waals surface area contributed by atoms with Crippen molar-refractivity contribution in [3.05, 3.63) is 61.3 Å². The van der Waals surface area contributed by atoms with Crippen LogP contribution in [0.15, 0.2) is 33.9 Å². The van der Waals surface area contributed by atoms with E-state index in [1.807, 2.05) is 22.8 Å². The number of amides is 1. The molecule has 2 aliphatic rings. The van der Waals surface area contributed by atoms with Gasteiger partial charge in [-0.2, -0.15) is 0 Å². The Labute approximate surface area is 219 Å². The number of aliphatic hydroxyl groups excluding tert-OH is 1. The van der Waals surface area contributed by atoms with Gasteiger partial charge in [0.1, 0.15) is 16.9 Å². The lowest BCUT2D eigenvalue weighted by Crippen LogP contribution is -2.45. The number of nitrogens with two attached hydrogens (primary N) is 1. The van der Waals surface area contributed by atoms with Gasteiger partial charge in [0.05, 0.1) is 18.2 Å². The van der Waals surface area contributed by atoms with Crippen LogP contribution >= 0.6 is 11.6 Å². The predicted molar refractivity (Wildman–Crippen MR) is 144 cm³/mol. The molecule has 2 aliphatic heterocycles. The molecule has 2 aromatic heterocycles. The minimum absolute atomic E-state index is 0.0831. The van der Waals surface area contributed by atoms with Crippen LogP contribution in [0.3, 0.4) is 0 Å². The van der Waals surface area contributed by atoms with Crippen molar-refractivity contribution >= 4 is 34.4 Å². The Bertz CT molecular complexity index is 1470. The molecule has 5 rings (SSSR count). The van der Waals surface area contributed by atoms with Crippen molar-refractivity contribution in [3.8, 4) is 0 Å². The summed E-state index contributed by atoms with van der Waals surface area (Å²) in [6, 6.07) is 7.31. The zero-order valence-corrected chi connectivity index (χ0v) is 21.9. The number of hydrogen-bond acceptors (Lipinski definition) is 6. The molecule has 11 heteroatoms. The fraction of sp³-hybridized carbons (Fsp3) is 0.500. The highest BCUT2D eigenvalue weighted by molar-refractivity contribution is 6.31. The molecular formula is C26H33ClN6O4. The highest BCUT2D eigenvalue weighted by Crippen LogP contribution is 2.35. The second-order valence-electron chi connectivity index (χ2n) is 10.2. The van der Waals surface area contributed by atoms with E-state index in [1.165, 1.54) is 11.6 Å². The van der Waals surface area contributed by atoms with Gasteiger partial charge < -0.3 is 25.2 Å². The van der Waals surface area contributed by atoms with Crippen LogP contribution < -0.4 is 21.9 Å². The molecular weight excluding hydrogens is 496 g/mol. The average Bonchev–Trinajstić information content (AvgIpc) is 3.22. The third kappa shape index (κ3) is 4.47. The topological polar surface area (TPSA) is 119 Å². The number of rotatable bonds is 4. The molecule has 37 heavy (non-hydrogen) atoms. The molecule has 0 bridgehead atoms. The van der Waals surface area contributed by atoms with Crippen molar-refractivity contribution in [2.75, 3.05) is 31.1 Å². The second-order valence-corrected chi connectivity index (χ2v) is 10.6. The first-order valence-electron chi connectivity index (χ1n) is 12.7. The summed E-state index contributed by atoms with van der Waals surface area (Å²) in [5.41, 5.74) is 7.09. The Kier molecular flexibility index (Phi) is 6.91. The van der Waals surface area contributed by atoms with E-state index in [1.54, 1.807) is 18.0 Å². The number of fused-ring (bicyclic) bond motifs is 1. The number of nitrogens with zero attached hydrogens (tertiary/aromatic N) is 5. The molecule has 0 unspecified atom stereocenters. The van der Waals surface area contributed by atoms with E-state index in [4.69, 9.17) is 17.3 Å². The third-order valence-corrected chi connectivity index (χ3v) is 8.00. The predicted octanol–water partition coefficient (Wildman–Crippen LogP) is 1.26. The summed E-state index contributed by atoms with van der Waals surface area (Å²) in [5.74, 6) is 0.326. The first-order chi connectivity index (χ1) is 17.7. The highest BCUT2D eigenvalue weighted by Gasteiger charge is 2.35. The van der Waals surface area contributed by atoms with Crippen LogP contribution in [0.1, 0.15) is 41.6 Å². The Morgan fingerprint density at radius 2 is 1.76 bits per heavy atom. The van der Waals surface area contributed by atoms with E-state index < -0.39 is 17.4 Å². The zero-order valence-electron chi connectivity index (χ0n) is 21.2. The molecule has 2 saturated heterocycles. The lowest BCUT2D eigenvalue weighted by molar-refractivity contribution is 0.0548. The smallest absolute Gasteiger partial charge is 0.331 e. The molecule has 3 aromatic rings. The molecule has 10 nitrogen and oxygen atoms in total. The standard InChI is InChI=1S/C26H33ClN6O4/c1-29-21-20(24(35)31-12-9-18(34)10-13-31)23(32-11-5-7-17(28)15-32)33(14-16-6-3-4-8-19(16)27)22(21)25(36)30(2)26(29)37/h3-4,6,8,17-18,34H,5,7,9-15,28H2,1-2H3/t17-/m1/s1. The summed E-state index contributed by atoms with van der Waals surface area (Å²) in [6.07, 6.45) is 2.23. The van der Waals surface area contributed by atoms with E-state index in [0.717, 1.165) is 23.0 Å². The fourth-order valence-electron chi connectivity index (χ4n) is 5.61. The normalized spacial score (nSPS) is 19.1. The summed E-state index contributed by atoms with van der Waals surface area (Å²) >= 11 is 6.53. The van der Waals surface area contributed by atoms with Gasteiger partial charge in [0.25, 0.3) is 11.5 Å². The van der Waals surface area contributed by atoms with Gasteiger partial charge in [-0.25, -0.2) is 4.79 Å². The summed E-state index contributed by atoms with van der Waals surface area (Å²) in [5, 5.41) is 10.6. The van der Waals surface area contributed by atoms with Crippen molar-refractivity contribution in [1.82, 2.24) is 18.6 Å². The van der Waals surface area contributed by atoms with Crippen LogP contribution in [0, 0.1) is 0 Å². The average molecular weight is 529 g/mol.